The Morgan fingerprint density at radius 2 is 1.92 bits per heavy atom. The third-order valence-corrected chi connectivity index (χ3v) is 5.80. The van der Waals surface area contributed by atoms with Gasteiger partial charge in [0.15, 0.2) is 0 Å². The monoisotopic (exact) mass is 621 g/mol. The van der Waals surface area contributed by atoms with Crippen LogP contribution in [-0.2, 0) is 26.9 Å². The van der Waals surface area contributed by atoms with Crippen LogP contribution in [0.25, 0.3) is 0 Å². The van der Waals surface area contributed by atoms with Crippen LogP contribution in [0.3, 0.4) is 0 Å². The van der Waals surface area contributed by atoms with Gasteiger partial charge in [0.25, 0.3) is 0 Å². The molecule has 1 aromatic heterocycles. The van der Waals surface area contributed by atoms with Crippen molar-refractivity contribution in [1.29, 1.82) is 0 Å². The number of rotatable bonds is 8. The molecule has 3 N–H and O–H groups in total. The average Bonchev–Trinajstić information content (AvgIpc) is 3.56. The minimum Gasteiger partial charge on any atom is -0.467 e. The second-order valence-electron chi connectivity index (χ2n) is 9.24. The number of alkyl halides is 3. The molecule has 1 saturated carbocycles. The number of halogens is 4. The molecule has 0 unspecified atom stereocenters. The van der Waals surface area contributed by atoms with Crippen LogP contribution in [0.5, 0.6) is 0 Å². The highest BCUT2D eigenvalue weighted by atomic mass is 127. The maximum absolute atomic E-state index is 13.3. The molecule has 2 aromatic rings. The van der Waals surface area contributed by atoms with E-state index in [4.69, 9.17) is 9.47 Å². The molecule has 0 saturated heterocycles. The molecule has 1 aliphatic rings. The van der Waals surface area contributed by atoms with Gasteiger partial charge >= 0.3 is 18.2 Å². The summed E-state index contributed by atoms with van der Waals surface area (Å²) in [4.78, 5) is 32.2. The Labute approximate surface area is 220 Å². The lowest BCUT2D eigenvalue weighted by Gasteiger charge is -2.22. The number of methoxy groups -OCH3 is 1. The molecule has 13 heteroatoms. The van der Waals surface area contributed by atoms with E-state index < -0.39 is 35.4 Å². The van der Waals surface area contributed by atoms with Crippen molar-refractivity contribution in [3.63, 3.8) is 0 Å². The molecule has 1 fully saturated rings. The number of hydrogen-bond donors (Lipinski definition) is 3. The average molecular weight is 621 g/mol. The number of amides is 1. The van der Waals surface area contributed by atoms with Gasteiger partial charge < -0.3 is 25.4 Å². The van der Waals surface area contributed by atoms with Crippen molar-refractivity contribution in [2.24, 2.45) is 0 Å². The summed E-state index contributed by atoms with van der Waals surface area (Å²) < 4.78 is 50.7. The van der Waals surface area contributed by atoms with Crippen LogP contribution in [0, 0.1) is 3.57 Å². The second kappa shape index (κ2) is 11.0. The molecule has 1 atom stereocenters. The summed E-state index contributed by atoms with van der Waals surface area (Å²) in [5.41, 5.74) is -0.384. The number of anilines is 3. The number of hydrogen-bond acceptors (Lipinski definition) is 8. The fourth-order valence-corrected chi connectivity index (χ4v) is 3.82. The van der Waals surface area contributed by atoms with Crippen molar-refractivity contribution in [3.05, 3.63) is 39.1 Å². The van der Waals surface area contributed by atoms with Crippen LogP contribution < -0.4 is 16.0 Å². The molecule has 1 aliphatic carbocycles. The number of aromatic nitrogens is 2. The van der Waals surface area contributed by atoms with Gasteiger partial charge in [0.1, 0.15) is 23.0 Å². The summed E-state index contributed by atoms with van der Waals surface area (Å²) in [5.74, 6) is -0.883. The summed E-state index contributed by atoms with van der Waals surface area (Å²) >= 11 is 2.05. The standard InChI is InChI=1S/C23H27F3IN5O4/c1-22(2,3)36-21(34)31-17(19(33)35-4)10-12-5-8-16(15(27)9-12)30-20-28-11-14(23(24,25)26)18(32-20)29-13-6-7-13/h5,8-9,11,13,17H,6-7,10H2,1-4H3,(H,31,34)(H2,28,29,30,32)/t17-/m0/s1. The van der Waals surface area contributed by atoms with Gasteiger partial charge in [-0.3, -0.25) is 0 Å². The van der Waals surface area contributed by atoms with Gasteiger partial charge in [-0.05, 0) is 73.9 Å². The summed E-state index contributed by atoms with van der Waals surface area (Å²) in [6.45, 7) is 5.12. The Morgan fingerprint density at radius 1 is 1.22 bits per heavy atom. The van der Waals surface area contributed by atoms with Crippen molar-refractivity contribution < 1.29 is 32.2 Å². The summed E-state index contributed by atoms with van der Waals surface area (Å²) in [7, 11) is 1.22. The molecule has 0 bridgehead atoms. The minimum absolute atomic E-state index is 0.0100. The van der Waals surface area contributed by atoms with Crippen molar-refractivity contribution in [2.45, 2.75) is 63.9 Å². The lowest BCUT2D eigenvalue weighted by Crippen LogP contribution is -2.45. The van der Waals surface area contributed by atoms with E-state index in [0.29, 0.717) is 14.8 Å². The van der Waals surface area contributed by atoms with Crippen molar-refractivity contribution in [2.75, 3.05) is 17.7 Å². The van der Waals surface area contributed by atoms with Crippen LogP contribution >= 0.6 is 22.6 Å². The van der Waals surface area contributed by atoms with Gasteiger partial charge in [-0.2, -0.15) is 18.2 Å². The highest BCUT2D eigenvalue weighted by molar-refractivity contribution is 14.1. The number of alkyl carbamates (subject to hydrolysis) is 1. The van der Waals surface area contributed by atoms with Gasteiger partial charge in [0.2, 0.25) is 5.95 Å². The van der Waals surface area contributed by atoms with E-state index in [1.807, 2.05) is 22.6 Å². The zero-order valence-electron chi connectivity index (χ0n) is 20.1. The smallest absolute Gasteiger partial charge is 0.421 e. The van der Waals surface area contributed by atoms with E-state index in [2.05, 4.69) is 25.9 Å². The fourth-order valence-electron chi connectivity index (χ4n) is 3.11. The van der Waals surface area contributed by atoms with Crippen molar-refractivity contribution in [1.82, 2.24) is 15.3 Å². The molecule has 1 amide bonds. The molecule has 0 spiro atoms. The zero-order chi connectivity index (χ0) is 26.7. The summed E-state index contributed by atoms with van der Waals surface area (Å²) in [5, 5.41) is 8.26. The predicted octanol–water partition coefficient (Wildman–Crippen LogP) is 5.03. The number of ether oxygens (including phenoxy) is 2. The van der Waals surface area contributed by atoms with E-state index in [9.17, 15) is 22.8 Å². The second-order valence-corrected chi connectivity index (χ2v) is 10.4. The van der Waals surface area contributed by atoms with E-state index in [0.717, 1.165) is 19.0 Å². The Balaban J connectivity index is 1.74. The number of esters is 1. The third kappa shape index (κ3) is 8.10. The van der Waals surface area contributed by atoms with Crippen molar-refractivity contribution in [3.8, 4) is 0 Å². The Hall–Kier alpha value is -2.84. The van der Waals surface area contributed by atoms with Gasteiger partial charge in [-0.25, -0.2) is 14.6 Å². The van der Waals surface area contributed by atoms with E-state index in [-0.39, 0.29) is 24.2 Å². The van der Waals surface area contributed by atoms with Crippen LogP contribution in [0.1, 0.15) is 44.7 Å². The molecule has 1 heterocycles. The number of nitrogens with one attached hydrogen (secondary N) is 3. The van der Waals surface area contributed by atoms with Gasteiger partial charge in [0.05, 0.1) is 12.8 Å². The molecular weight excluding hydrogens is 594 g/mol. The third-order valence-electron chi connectivity index (χ3n) is 4.91. The summed E-state index contributed by atoms with van der Waals surface area (Å²) in [6.07, 6.45) is -2.85. The molecular formula is C23H27F3IN5O4. The molecule has 3 rings (SSSR count). The lowest BCUT2D eigenvalue weighted by atomic mass is 10.1. The number of carbonyl (C=O) groups excluding carboxylic acids is 2. The molecule has 36 heavy (non-hydrogen) atoms. The molecule has 1 aromatic carbocycles. The van der Waals surface area contributed by atoms with Crippen LogP contribution in [0.4, 0.5) is 35.4 Å². The molecule has 0 radical (unpaired) electrons. The Morgan fingerprint density at radius 3 is 2.47 bits per heavy atom. The first-order chi connectivity index (χ1) is 16.7. The van der Waals surface area contributed by atoms with E-state index in [1.165, 1.54) is 7.11 Å². The largest absolute Gasteiger partial charge is 0.467 e. The lowest BCUT2D eigenvalue weighted by molar-refractivity contribution is -0.143. The highest BCUT2D eigenvalue weighted by Crippen LogP contribution is 2.36. The van der Waals surface area contributed by atoms with E-state index >= 15 is 0 Å². The van der Waals surface area contributed by atoms with Crippen molar-refractivity contribution >= 4 is 52.1 Å². The summed E-state index contributed by atoms with van der Waals surface area (Å²) in [6, 6.07) is 4.17. The minimum atomic E-state index is -4.57. The van der Waals surface area contributed by atoms with E-state index in [1.54, 1.807) is 39.0 Å². The first-order valence-corrected chi connectivity index (χ1v) is 12.2. The number of carbonyl (C=O) groups is 2. The predicted molar refractivity (Wildman–Crippen MR) is 135 cm³/mol. The van der Waals surface area contributed by atoms with Crippen LogP contribution in [0.15, 0.2) is 24.4 Å². The Bertz CT molecular complexity index is 1120. The molecule has 9 nitrogen and oxygen atoms in total. The maximum atomic E-state index is 13.3. The molecule has 196 valence electrons. The van der Waals surface area contributed by atoms with Crippen LogP contribution in [0.2, 0.25) is 0 Å². The van der Waals surface area contributed by atoms with Gasteiger partial charge in [-0.15, -0.1) is 0 Å². The van der Waals surface area contributed by atoms with Gasteiger partial charge in [0, 0.05) is 22.2 Å². The van der Waals surface area contributed by atoms with Gasteiger partial charge in [-0.1, -0.05) is 6.07 Å². The molecule has 0 aliphatic heterocycles. The maximum Gasteiger partial charge on any atom is 0.421 e. The highest BCUT2D eigenvalue weighted by Gasteiger charge is 2.37. The van der Waals surface area contributed by atoms with Crippen LogP contribution in [-0.4, -0.2) is 46.8 Å². The first kappa shape index (κ1) is 27.7. The topological polar surface area (TPSA) is 114 Å². The quantitative estimate of drug-likeness (QED) is 0.278. The zero-order valence-corrected chi connectivity index (χ0v) is 22.3. The first-order valence-electron chi connectivity index (χ1n) is 11.1. The Kier molecular flexibility index (Phi) is 8.52. The normalized spacial score (nSPS) is 14.6. The SMILES string of the molecule is COC(=O)[C@H](Cc1ccc(Nc2ncc(C(F)(F)F)c(NC3CC3)n2)c(I)c1)NC(=O)OC(C)(C)C. The fraction of sp³-hybridized carbons (Fsp3) is 0.478. The number of benzene rings is 1. The number of nitrogens with zero attached hydrogens (tertiary/aromatic N) is 2.